The van der Waals surface area contributed by atoms with Crippen LogP contribution in [-0.2, 0) is 16.6 Å². The number of hydrogen-bond acceptors (Lipinski definition) is 2. The Bertz CT molecular complexity index is 700. The van der Waals surface area contributed by atoms with Gasteiger partial charge in [0.05, 0.1) is 11.4 Å². The molecule has 0 saturated heterocycles. The topological polar surface area (TPSA) is 64.8 Å². The number of halogens is 1. The third-order valence-electron chi connectivity index (χ3n) is 2.96. The van der Waals surface area contributed by atoms with Crippen molar-refractivity contribution >= 4 is 27.3 Å². The highest BCUT2D eigenvalue weighted by atomic mass is 35.5. The summed E-state index contributed by atoms with van der Waals surface area (Å²) in [6, 6.07) is 13.4. The number of quaternary nitrogens is 1. The van der Waals surface area contributed by atoms with E-state index in [9.17, 15) is 8.42 Å². The third kappa shape index (κ3) is 4.20. The molecular weight excluding hydrogens is 308 g/mol. The van der Waals surface area contributed by atoms with Gasteiger partial charge in [0.2, 0.25) is 0 Å². The first-order valence-corrected chi connectivity index (χ1v) is 8.48. The Labute approximate surface area is 130 Å². The second-order valence-corrected chi connectivity index (χ2v) is 6.57. The van der Waals surface area contributed by atoms with Crippen LogP contribution in [0.25, 0.3) is 4.72 Å². The molecule has 2 aromatic carbocycles. The van der Waals surface area contributed by atoms with Crippen LogP contribution < -0.4 is 5.32 Å². The van der Waals surface area contributed by atoms with E-state index in [0.29, 0.717) is 5.02 Å². The quantitative estimate of drug-likeness (QED) is 0.888. The van der Waals surface area contributed by atoms with Crippen molar-refractivity contribution in [2.75, 3.05) is 6.54 Å². The summed E-state index contributed by atoms with van der Waals surface area (Å²) < 4.78 is 28.3. The highest BCUT2D eigenvalue weighted by molar-refractivity contribution is 7.94. The molecule has 0 heterocycles. The van der Waals surface area contributed by atoms with E-state index in [4.69, 9.17) is 11.6 Å². The highest BCUT2D eigenvalue weighted by Gasteiger charge is 2.06. The molecule has 2 rings (SSSR count). The Balaban J connectivity index is 2.18. The molecule has 0 bridgehead atoms. The maximum absolute atomic E-state index is 12.2. The first-order chi connectivity index (χ1) is 10.0. The third-order valence-corrected chi connectivity index (χ3v) is 4.59. The lowest BCUT2D eigenvalue weighted by molar-refractivity contribution is -0.667. The summed E-state index contributed by atoms with van der Waals surface area (Å²) in [4.78, 5) is 0.169. The van der Waals surface area contributed by atoms with E-state index in [2.05, 4.69) is 17.0 Å². The van der Waals surface area contributed by atoms with Gasteiger partial charge in [0.1, 0.15) is 16.6 Å². The number of rotatable bonds is 6. The van der Waals surface area contributed by atoms with Gasteiger partial charge in [-0.15, -0.1) is 5.69 Å². The van der Waals surface area contributed by atoms with Crippen molar-refractivity contribution < 1.29 is 13.7 Å². The molecule has 0 aliphatic rings. The smallest absolute Gasteiger partial charge is 0.123 e. The molecule has 0 aliphatic heterocycles. The van der Waals surface area contributed by atoms with Crippen molar-refractivity contribution in [2.24, 2.45) is 0 Å². The predicted octanol–water partition coefficient (Wildman–Crippen LogP) is 2.82. The van der Waals surface area contributed by atoms with Crippen LogP contribution in [0.2, 0.25) is 5.02 Å². The van der Waals surface area contributed by atoms with Crippen LogP contribution in [0.5, 0.6) is 0 Å². The van der Waals surface area contributed by atoms with Crippen LogP contribution in [0.4, 0.5) is 5.69 Å². The van der Waals surface area contributed by atoms with Crippen molar-refractivity contribution in [1.82, 2.24) is 0 Å². The van der Waals surface area contributed by atoms with Gasteiger partial charge in [-0.2, -0.15) is 0 Å². The van der Waals surface area contributed by atoms with E-state index < -0.39 is 10.0 Å². The first-order valence-electron chi connectivity index (χ1n) is 6.66. The number of benzene rings is 2. The Hall–Kier alpha value is -1.56. The van der Waals surface area contributed by atoms with E-state index >= 15 is 0 Å². The summed E-state index contributed by atoms with van der Waals surface area (Å²) in [5, 5.41) is 2.45. The summed E-state index contributed by atoms with van der Waals surface area (Å²) in [6.45, 7) is 3.89. The van der Waals surface area contributed by atoms with Crippen LogP contribution in [0.15, 0.2) is 53.4 Å². The molecule has 0 aromatic heterocycles. The summed E-state index contributed by atoms with van der Waals surface area (Å²) in [7, 11) is -3.74. The van der Waals surface area contributed by atoms with Crippen LogP contribution in [0, 0.1) is 0 Å². The van der Waals surface area contributed by atoms with Gasteiger partial charge in [-0.05, 0) is 25.1 Å². The summed E-state index contributed by atoms with van der Waals surface area (Å²) >= 11 is 5.94. The van der Waals surface area contributed by atoms with E-state index in [1.165, 1.54) is 0 Å². The number of sulfonamides is 1. The van der Waals surface area contributed by atoms with Crippen molar-refractivity contribution in [3.05, 3.63) is 63.8 Å². The molecule has 0 fully saturated rings. The molecule has 2 aromatic rings. The van der Waals surface area contributed by atoms with Gasteiger partial charge >= 0.3 is 0 Å². The van der Waals surface area contributed by atoms with Gasteiger partial charge < -0.3 is 10.0 Å². The van der Waals surface area contributed by atoms with Crippen molar-refractivity contribution in [2.45, 2.75) is 18.4 Å². The van der Waals surface area contributed by atoms with Gasteiger partial charge in [-0.1, -0.05) is 41.9 Å². The molecule has 21 heavy (non-hydrogen) atoms. The Morgan fingerprint density at radius 2 is 1.76 bits per heavy atom. The van der Waals surface area contributed by atoms with Gasteiger partial charge in [-0.3, -0.25) is 0 Å². The lowest BCUT2D eigenvalue weighted by Gasteiger charge is -2.23. The molecule has 0 radical (unpaired) electrons. The molecule has 4 nitrogen and oxygen atoms in total. The second kappa shape index (κ2) is 6.93. The molecule has 6 heteroatoms. The molecule has 2 N–H and O–H groups in total. The van der Waals surface area contributed by atoms with Gasteiger partial charge in [0.15, 0.2) is 0 Å². The molecule has 0 aliphatic carbocycles. The monoisotopic (exact) mass is 324 g/mol. The maximum atomic E-state index is 12.2. The normalized spacial score (nSPS) is 11.3. The Morgan fingerprint density at radius 1 is 1.10 bits per heavy atom. The molecule has 0 unspecified atom stereocenters. The largest absolute Gasteiger partial charge is 0.572 e. The van der Waals surface area contributed by atoms with Crippen molar-refractivity contribution in [3.8, 4) is 0 Å². The average molecular weight is 325 g/mol. The zero-order valence-electron chi connectivity index (χ0n) is 11.7. The fraction of sp³-hybridized carbons (Fsp3) is 0.200. The maximum Gasteiger partial charge on any atom is 0.123 e. The van der Waals surface area contributed by atoms with Gasteiger partial charge in [-0.25, -0.2) is 8.42 Å². The van der Waals surface area contributed by atoms with Crippen molar-refractivity contribution in [1.29, 1.82) is 0 Å². The number of nitrogens with two attached hydrogens (primary N) is 1. The summed E-state index contributed by atoms with van der Waals surface area (Å²) in [5.74, 6) is 0. The lowest BCUT2D eigenvalue weighted by Crippen LogP contribution is -2.81. The SMILES string of the molecule is CC[NH2+]Cc1ccc(S(=O)(=O)[N-]c2ccccc2Cl)cc1. The highest BCUT2D eigenvalue weighted by Crippen LogP contribution is 2.33. The minimum atomic E-state index is -3.74. The minimum Gasteiger partial charge on any atom is -0.572 e. The standard InChI is InChI=1S/C15H16ClN2O2S/c1-2-17-11-12-7-9-13(10-8-12)21(19,20)18-15-6-4-3-5-14(15)16/h3-10,17H,2,11H2,1H3/q-1/p+1. The Morgan fingerprint density at radius 3 is 2.38 bits per heavy atom. The minimum absolute atomic E-state index is 0.169. The van der Waals surface area contributed by atoms with Gasteiger partial charge in [0.25, 0.3) is 0 Å². The fourth-order valence-electron chi connectivity index (χ4n) is 1.82. The number of hydrogen-bond donors (Lipinski definition) is 1. The molecule has 112 valence electrons. The zero-order chi connectivity index (χ0) is 15.3. The summed E-state index contributed by atoms with van der Waals surface area (Å²) in [6.07, 6.45) is 0. The van der Waals surface area contributed by atoms with Crippen LogP contribution >= 0.6 is 11.6 Å². The fourth-order valence-corrected chi connectivity index (χ4v) is 3.05. The lowest BCUT2D eigenvalue weighted by atomic mass is 10.2. The molecule has 0 saturated carbocycles. The van der Waals surface area contributed by atoms with E-state index in [1.807, 2.05) is 0 Å². The van der Waals surface area contributed by atoms with Crippen LogP contribution in [0.3, 0.4) is 0 Å². The Kier molecular flexibility index (Phi) is 5.22. The first kappa shape index (κ1) is 15.8. The predicted molar refractivity (Wildman–Crippen MR) is 84.3 cm³/mol. The number of nitrogens with zero attached hydrogens (tertiary/aromatic N) is 1. The van der Waals surface area contributed by atoms with E-state index in [1.54, 1.807) is 48.5 Å². The summed E-state index contributed by atoms with van der Waals surface area (Å²) in [5.41, 5.74) is 1.33. The molecule has 0 spiro atoms. The van der Waals surface area contributed by atoms with Crippen LogP contribution in [0.1, 0.15) is 12.5 Å². The molecule has 0 atom stereocenters. The van der Waals surface area contributed by atoms with Gasteiger partial charge in [0, 0.05) is 10.6 Å². The van der Waals surface area contributed by atoms with E-state index in [-0.39, 0.29) is 10.6 Å². The van der Waals surface area contributed by atoms with Crippen molar-refractivity contribution in [3.63, 3.8) is 0 Å². The molecule has 0 amide bonds. The average Bonchev–Trinajstić information content (AvgIpc) is 2.48. The van der Waals surface area contributed by atoms with E-state index in [0.717, 1.165) is 18.7 Å². The molecular formula is C15H17ClN2O2S. The zero-order valence-corrected chi connectivity index (χ0v) is 13.2. The van der Waals surface area contributed by atoms with Crippen LogP contribution in [-0.4, -0.2) is 15.0 Å². The second-order valence-electron chi connectivity index (χ2n) is 4.56.